The second kappa shape index (κ2) is 5.99. The number of halogens is 2. The number of rotatable bonds is 2. The Morgan fingerprint density at radius 2 is 2.19 bits per heavy atom. The highest BCUT2D eigenvalue weighted by atomic mass is 35.5. The van der Waals surface area contributed by atoms with E-state index in [1.54, 1.807) is 29.5 Å². The van der Waals surface area contributed by atoms with Crippen LogP contribution in [0.15, 0.2) is 23.6 Å². The second-order valence-corrected chi connectivity index (χ2v) is 7.20. The van der Waals surface area contributed by atoms with Gasteiger partial charge in [0.15, 0.2) is 0 Å². The molecular formula is C16H15Cl2NOS. The van der Waals surface area contributed by atoms with Crippen molar-refractivity contribution in [2.45, 2.75) is 26.2 Å². The Kier molecular flexibility index (Phi) is 4.25. The molecule has 3 rings (SSSR count). The van der Waals surface area contributed by atoms with E-state index >= 15 is 0 Å². The van der Waals surface area contributed by atoms with Gasteiger partial charge in [-0.25, -0.2) is 0 Å². The minimum absolute atomic E-state index is 0.105. The van der Waals surface area contributed by atoms with E-state index in [9.17, 15) is 4.79 Å². The van der Waals surface area contributed by atoms with Gasteiger partial charge >= 0.3 is 0 Å². The lowest BCUT2D eigenvalue weighted by molar-refractivity contribution is 0.102. The first-order valence-corrected chi connectivity index (χ1v) is 8.54. The number of thiophene rings is 1. The molecule has 1 aliphatic carbocycles. The van der Waals surface area contributed by atoms with Gasteiger partial charge in [-0.3, -0.25) is 4.79 Å². The van der Waals surface area contributed by atoms with Crippen molar-refractivity contribution in [2.24, 2.45) is 5.92 Å². The van der Waals surface area contributed by atoms with Crippen molar-refractivity contribution in [1.82, 2.24) is 0 Å². The number of fused-ring (bicyclic) bond motifs is 1. The van der Waals surface area contributed by atoms with Gasteiger partial charge < -0.3 is 5.32 Å². The molecule has 5 heteroatoms. The molecule has 1 aromatic carbocycles. The maximum Gasteiger partial charge on any atom is 0.256 e. The van der Waals surface area contributed by atoms with Crippen LogP contribution >= 0.6 is 34.5 Å². The Balaban J connectivity index is 1.85. The van der Waals surface area contributed by atoms with E-state index in [0.29, 0.717) is 21.7 Å². The number of amides is 1. The standard InChI is InChI=1S/C16H15Cl2NOS/c1-9-5-6-10-11(8-21-14(10)7-9)16(20)19-13-4-2-3-12(17)15(13)18/h2-4,8-9H,5-7H2,1H3,(H,19,20)/t9-/m1/s1. The summed E-state index contributed by atoms with van der Waals surface area (Å²) in [5.74, 6) is 0.598. The van der Waals surface area contributed by atoms with Crippen molar-refractivity contribution in [3.05, 3.63) is 49.6 Å². The largest absolute Gasteiger partial charge is 0.321 e. The summed E-state index contributed by atoms with van der Waals surface area (Å²) in [6.45, 7) is 2.26. The van der Waals surface area contributed by atoms with E-state index < -0.39 is 0 Å². The highest BCUT2D eigenvalue weighted by molar-refractivity contribution is 7.10. The summed E-state index contributed by atoms with van der Waals surface area (Å²) in [4.78, 5) is 13.8. The third-order valence-corrected chi connectivity index (χ3v) is 5.72. The van der Waals surface area contributed by atoms with E-state index in [1.807, 2.05) is 5.38 Å². The Hall–Kier alpha value is -1.03. The number of anilines is 1. The fourth-order valence-electron chi connectivity index (χ4n) is 2.66. The zero-order valence-electron chi connectivity index (χ0n) is 11.6. The van der Waals surface area contributed by atoms with E-state index in [1.165, 1.54) is 10.4 Å². The molecule has 2 aromatic rings. The monoisotopic (exact) mass is 339 g/mol. The Labute approximate surface area is 138 Å². The number of carbonyl (C=O) groups is 1. The minimum Gasteiger partial charge on any atom is -0.321 e. The molecule has 0 saturated heterocycles. The molecule has 0 spiro atoms. The summed E-state index contributed by atoms with van der Waals surface area (Å²) >= 11 is 13.8. The molecule has 1 N–H and O–H groups in total. The predicted octanol–water partition coefficient (Wildman–Crippen LogP) is 5.43. The zero-order valence-corrected chi connectivity index (χ0v) is 13.9. The topological polar surface area (TPSA) is 29.1 Å². The highest BCUT2D eigenvalue weighted by Gasteiger charge is 2.23. The van der Waals surface area contributed by atoms with Gasteiger partial charge in [-0.2, -0.15) is 0 Å². The van der Waals surface area contributed by atoms with Crippen LogP contribution in [0.3, 0.4) is 0 Å². The van der Waals surface area contributed by atoms with Crippen LogP contribution in [0.1, 0.15) is 34.1 Å². The van der Waals surface area contributed by atoms with E-state index in [2.05, 4.69) is 12.2 Å². The highest BCUT2D eigenvalue weighted by Crippen LogP contribution is 2.34. The molecule has 1 heterocycles. The first-order chi connectivity index (χ1) is 10.1. The smallest absolute Gasteiger partial charge is 0.256 e. The molecule has 110 valence electrons. The van der Waals surface area contributed by atoms with Crippen LogP contribution in [0.5, 0.6) is 0 Å². The lowest BCUT2D eigenvalue weighted by Gasteiger charge is -2.19. The number of benzene rings is 1. The molecule has 0 radical (unpaired) electrons. The fraction of sp³-hybridized carbons (Fsp3) is 0.312. The van der Waals surface area contributed by atoms with Crippen molar-refractivity contribution in [3.8, 4) is 0 Å². The van der Waals surface area contributed by atoms with Crippen LogP contribution in [0.2, 0.25) is 10.0 Å². The molecule has 0 bridgehead atoms. The first kappa shape index (κ1) is 14.9. The van der Waals surface area contributed by atoms with E-state index in [-0.39, 0.29) is 5.91 Å². The molecule has 0 saturated carbocycles. The number of carbonyl (C=O) groups excluding carboxylic acids is 1. The predicted molar refractivity (Wildman–Crippen MR) is 89.9 cm³/mol. The average molecular weight is 340 g/mol. The third kappa shape index (κ3) is 2.96. The van der Waals surface area contributed by atoms with Crippen LogP contribution in [0.4, 0.5) is 5.69 Å². The Morgan fingerprint density at radius 1 is 1.38 bits per heavy atom. The SMILES string of the molecule is C[C@@H]1CCc2c(C(=O)Nc3cccc(Cl)c3Cl)csc2C1. The normalized spacial score (nSPS) is 17.4. The van der Waals surface area contributed by atoms with Crippen molar-refractivity contribution in [1.29, 1.82) is 0 Å². The number of hydrogen-bond donors (Lipinski definition) is 1. The van der Waals surface area contributed by atoms with Gasteiger partial charge in [-0.15, -0.1) is 11.3 Å². The zero-order chi connectivity index (χ0) is 15.0. The maximum atomic E-state index is 12.5. The third-order valence-electron chi connectivity index (χ3n) is 3.85. The van der Waals surface area contributed by atoms with Crippen molar-refractivity contribution < 1.29 is 4.79 Å². The van der Waals surface area contributed by atoms with Crippen molar-refractivity contribution in [3.63, 3.8) is 0 Å². The summed E-state index contributed by atoms with van der Waals surface area (Å²) in [5.41, 5.74) is 2.53. The quantitative estimate of drug-likeness (QED) is 0.776. The van der Waals surface area contributed by atoms with Crippen LogP contribution < -0.4 is 5.32 Å². The minimum atomic E-state index is -0.105. The molecule has 1 amide bonds. The van der Waals surface area contributed by atoms with Crippen LogP contribution in [-0.4, -0.2) is 5.91 Å². The van der Waals surface area contributed by atoms with Gasteiger partial charge in [0.05, 0.1) is 21.3 Å². The van der Waals surface area contributed by atoms with Gasteiger partial charge in [-0.05, 0) is 42.9 Å². The molecule has 1 aliphatic rings. The fourth-order valence-corrected chi connectivity index (χ4v) is 4.25. The molecule has 0 unspecified atom stereocenters. The Bertz CT molecular complexity index is 696. The summed E-state index contributed by atoms with van der Waals surface area (Å²) < 4.78 is 0. The van der Waals surface area contributed by atoms with Crippen LogP contribution in [0, 0.1) is 5.92 Å². The molecule has 0 fully saturated rings. The van der Waals surface area contributed by atoms with Gasteiger partial charge in [0.1, 0.15) is 0 Å². The van der Waals surface area contributed by atoms with Crippen LogP contribution in [-0.2, 0) is 12.8 Å². The molecule has 21 heavy (non-hydrogen) atoms. The Morgan fingerprint density at radius 3 is 3.00 bits per heavy atom. The average Bonchev–Trinajstić information content (AvgIpc) is 2.86. The van der Waals surface area contributed by atoms with Gasteiger partial charge in [0.2, 0.25) is 0 Å². The lowest BCUT2D eigenvalue weighted by atomic mass is 9.88. The van der Waals surface area contributed by atoms with Crippen molar-refractivity contribution in [2.75, 3.05) is 5.32 Å². The van der Waals surface area contributed by atoms with Gasteiger partial charge in [0.25, 0.3) is 5.91 Å². The van der Waals surface area contributed by atoms with Crippen molar-refractivity contribution >= 4 is 46.1 Å². The number of nitrogens with one attached hydrogen (secondary N) is 1. The van der Waals surface area contributed by atoms with Crippen LogP contribution in [0.25, 0.3) is 0 Å². The summed E-state index contributed by atoms with van der Waals surface area (Å²) in [6.07, 6.45) is 3.19. The summed E-state index contributed by atoms with van der Waals surface area (Å²) in [7, 11) is 0. The van der Waals surface area contributed by atoms with Gasteiger partial charge in [-0.1, -0.05) is 36.2 Å². The summed E-state index contributed by atoms with van der Waals surface area (Å²) in [5, 5.41) is 5.64. The van der Waals surface area contributed by atoms with Gasteiger partial charge in [0, 0.05) is 10.3 Å². The molecular weight excluding hydrogens is 325 g/mol. The lowest BCUT2D eigenvalue weighted by Crippen LogP contribution is -2.16. The molecule has 2 nitrogen and oxygen atoms in total. The van der Waals surface area contributed by atoms with E-state index in [4.69, 9.17) is 23.2 Å². The second-order valence-electron chi connectivity index (χ2n) is 5.45. The molecule has 0 aliphatic heterocycles. The molecule has 1 atom stereocenters. The summed E-state index contributed by atoms with van der Waals surface area (Å²) in [6, 6.07) is 5.23. The molecule has 1 aromatic heterocycles. The van der Waals surface area contributed by atoms with E-state index in [0.717, 1.165) is 24.8 Å². The maximum absolute atomic E-state index is 12.5. The first-order valence-electron chi connectivity index (χ1n) is 6.91. The number of hydrogen-bond acceptors (Lipinski definition) is 2.